The van der Waals surface area contributed by atoms with Gasteiger partial charge >= 0.3 is 0 Å². The van der Waals surface area contributed by atoms with Gasteiger partial charge in [0.25, 0.3) is 0 Å². The molecule has 3 heteroatoms. The Labute approximate surface area is 103 Å². The topological polar surface area (TPSA) is 28.2 Å². The van der Waals surface area contributed by atoms with Crippen molar-refractivity contribution >= 4 is 23.7 Å². The number of pyridine rings is 1. The van der Waals surface area contributed by atoms with Crippen LogP contribution in [0.3, 0.4) is 0 Å². The zero-order valence-electron chi connectivity index (χ0n) is 11.0. The van der Waals surface area contributed by atoms with Crippen LogP contribution >= 0.6 is 0 Å². The van der Waals surface area contributed by atoms with Gasteiger partial charge in [0.1, 0.15) is 5.82 Å². The third-order valence-electron chi connectivity index (χ3n) is 3.28. The molecular weight excluding hydrogens is 210 g/mol. The molecule has 1 heterocycles. The standard InChI is InChI=1S/C14H21N3/c1-4-17(5-2)14-10-13(15-3)11-8-6-7-9-12(11)16-14/h8-10,15H,4-7H2,1-3H3. The van der Waals surface area contributed by atoms with E-state index in [4.69, 9.17) is 4.98 Å². The van der Waals surface area contributed by atoms with E-state index >= 15 is 0 Å². The molecule has 0 fully saturated rings. The SMILES string of the molecule is CCN(CC)c1cc(NC)c2c(n1)=CCCC=2. The van der Waals surface area contributed by atoms with E-state index in [9.17, 15) is 0 Å². The fourth-order valence-corrected chi connectivity index (χ4v) is 2.30. The lowest BCUT2D eigenvalue weighted by Gasteiger charge is -2.21. The summed E-state index contributed by atoms with van der Waals surface area (Å²) in [6.07, 6.45) is 6.74. The normalized spacial score (nSPS) is 13.4. The number of hydrogen-bond donors (Lipinski definition) is 1. The lowest BCUT2D eigenvalue weighted by Crippen LogP contribution is -2.35. The Kier molecular flexibility index (Phi) is 3.67. The van der Waals surface area contributed by atoms with E-state index in [-0.39, 0.29) is 0 Å². The van der Waals surface area contributed by atoms with E-state index in [0.717, 1.165) is 37.1 Å². The Morgan fingerprint density at radius 1 is 1.24 bits per heavy atom. The number of hydrogen-bond acceptors (Lipinski definition) is 3. The van der Waals surface area contributed by atoms with Gasteiger partial charge in [-0.25, -0.2) is 4.98 Å². The molecule has 3 nitrogen and oxygen atoms in total. The van der Waals surface area contributed by atoms with Gasteiger partial charge in [-0.1, -0.05) is 12.2 Å². The van der Waals surface area contributed by atoms with Crippen molar-refractivity contribution in [1.82, 2.24) is 4.98 Å². The number of nitrogens with one attached hydrogen (secondary N) is 1. The lowest BCUT2D eigenvalue weighted by molar-refractivity contribution is 0.841. The van der Waals surface area contributed by atoms with Crippen LogP contribution in [-0.4, -0.2) is 25.1 Å². The average molecular weight is 231 g/mol. The Morgan fingerprint density at radius 3 is 2.59 bits per heavy atom. The van der Waals surface area contributed by atoms with E-state index in [1.54, 1.807) is 0 Å². The Morgan fingerprint density at radius 2 is 1.94 bits per heavy atom. The van der Waals surface area contributed by atoms with Crippen LogP contribution in [0.15, 0.2) is 6.07 Å². The van der Waals surface area contributed by atoms with Crippen molar-refractivity contribution in [3.05, 3.63) is 16.6 Å². The number of aromatic nitrogens is 1. The largest absolute Gasteiger partial charge is 0.387 e. The molecule has 2 rings (SSSR count). The highest BCUT2D eigenvalue weighted by atomic mass is 15.2. The van der Waals surface area contributed by atoms with Gasteiger partial charge in [0.05, 0.1) is 5.35 Å². The zero-order chi connectivity index (χ0) is 12.3. The molecule has 0 aliphatic heterocycles. The molecule has 1 aliphatic rings. The maximum atomic E-state index is 4.76. The van der Waals surface area contributed by atoms with Crippen LogP contribution in [0.25, 0.3) is 12.2 Å². The summed E-state index contributed by atoms with van der Waals surface area (Å²) in [6, 6.07) is 2.15. The third-order valence-corrected chi connectivity index (χ3v) is 3.28. The van der Waals surface area contributed by atoms with E-state index in [1.165, 1.54) is 10.9 Å². The smallest absolute Gasteiger partial charge is 0.131 e. The molecule has 92 valence electrons. The van der Waals surface area contributed by atoms with Crippen molar-refractivity contribution < 1.29 is 0 Å². The predicted octanol–water partition coefficient (Wildman–Crippen LogP) is 1.32. The van der Waals surface area contributed by atoms with Crippen molar-refractivity contribution in [2.45, 2.75) is 26.7 Å². The van der Waals surface area contributed by atoms with Crippen molar-refractivity contribution in [2.24, 2.45) is 0 Å². The summed E-state index contributed by atoms with van der Waals surface area (Å²) in [5, 5.41) is 5.67. The molecule has 0 aromatic carbocycles. The second-order valence-electron chi connectivity index (χ2n) is 4.23. The summed E-state index contributed by atoms with van der Waals surface area (Å²) < 4.78 is 0. The molecule has 1 aromatic rings. The van der Waals surface area contributed by atoms with Gasteiger partial charge in [0, 0.05) is 37.1 Å². The maximum absolute atomic E-state index is 4.76. The van der Waals surface area contributed by atoms with Gasteiger partial charge < -0.3 is 10.2 Å². The van der Waals surface area contributed by atoms with Crippen LogP contribution < -0.4 is 20.8 Å². The van der Waals surface area contributed by atoms with Crippen molar-refractivity contribution in [1.29, 1.82) is 0 Å². The highest BCUT2D eigenvalue weighted by molar-refractivity contribution is 5.58. The molecule has 1 aliphatic carbocycles. The van der Waals surface area contributed by atoms with E-state index in [1.807, 2.05) is 7.05 Å². The first kappa shape index (κ1) is 12.0. The van der Waals surface area contributed by atoms with Gasteiger partial charge in [-0.2, -0.15) is 0 Å². The van der Waals surface area contributed by atoms with Gasteiger partial charge in [-0.15, -0.1) is 0 Å². The second kappa shape index (κ2) is 5.21. The molecular formula is C14H21N3. The fourth-order valence-electron chi connectivity index (χ4n) is 2.30. The van der Waals surface area contributed by atoms with Gasteiger partial charge in [0.2, 0.25) is 0 Å². The molecule has 0 radical (unpaired) electrons. The number of fused-ring (bicyclic) bond motifs is 1. The van der Waals surface area contributed by atoms with Crippen LogP contribution in [0, 0.1) is 0 Å². The first-order valence-corrected chi connectivity index (χ1v) is 6.44. The van der Waals surface area contributed by atoms with Crippen LogP contribution in [0.5, 0.6) is 0 Å². The Bertz CT molecular complexity index is 501. The average Bonchev–Trinajstić information content (AvgIpc) is 2.39. The molecule has 0 saturated heterocycles. The highest BCUT2D eigenvalue weighted by Gasteiger charge is 2.08. The molecule has 1 N–H and O–H groups in total. The predicted molar refractivity (Wildman–Crippen MR) is 74.8 cm³/mol. The summed E-state index contributed by atoms with van der Waals surface area (Å²) in [5.74, 6) is 1.07. The van der Waals surface area contributed by atoms with Crippen molar-refractivity contribution in [3.63, 3.8) is 0 Å². The number of anilines is 2. The number of rotatable bonds is 4. The highest BCUT2D eigenvalue weighted by Crippen LogP contribution is 2.12. The zero-order valence-corrected chi connectivity index (χ0v) is 11.0. The minimum absolute atomic E-state index is 0.995. The minimum Gasteiger partial charge on any atom is -0.387 e. The van der Waals surface area contributed by atoms with Crippen molar-refractivity contribution in [3.8, 4) is 0 Å². The summed E-state index contributed by atoms with van der Waals surface area (Å²) >= 11 is 0. The monoisotopic (exact) mass is 231 g/mol. The molecule has 0 unspecified atom stereocenters. The van der Waals surface area contributed by atoms with Crippen LogP contribution in [-0.2, 0) is 0 Å². The quantitative estimate of drug-likeness (QED) is 0.847. The summed E-state index contributed by atoms with van der Waals surface area (Å²) in [4.78, 5) is 7.04. The first-order valence-electron chi connectivity index (χ1n) is 6.44. The van der Waals surface area contributed by atoms with E-state index < -0.39 is 0 Å². The van der Waals surface area contributed by atoms with Crippen LogP contribution in [0.1, 0.15) is 26.7 Å². The summed E-state index contributed by atoms with van der Waals surface area (Å²) in [7, 11) is 1.98. The van der Waals surface area contributed by atoms with E-state index in [2.05, 4.69) is 42.3 Å². The van der Waals surface area contributed by atoms with Crippen LogP contribution in [0.4, 0.5) is 11.5 Å². The molecule has 0 bridgehead atoms. The minimum atomic E-state index is 0.995. The third kappa shape index (κ3) is 2.28. The van der Waals surface area contributed by atoms with Crippen LogP contribution in [0.2, 0.25) is 0 Å². The van der Waals surface area contributed by atoms with Gasteiger partial charge in [-0.05, 0) is 26.7 Å². The summed E-state index contributed by atoms with van der Waals surface area (Å²) in [5.41, 5.74) is 1.19. The molecule has 1 aromatic heterocycles. The molecule has 17 heavy (non-hydrogen) atoms. The molecule has 0 spiro atoms. The number of nitrogens with zero attached hydrogens (tertiary/aromatic N) is 2. The Hall–Kier alpha value is -1.51. The van der Waals surface area contributed by atoms with Gasteiger partial charge in [-0.3, -0.25) is 0 Å². The van der Waals surface area contributed by atoms with Gasteiger partial charge in [0.15, 0.2) is 0 Å². The maximum Gasteiger partial charge on any atom is 0.131 e. The molecule has 0 amide bonds. The fraction of sp³-hybridized carbons (Fsp3) is 0.500. The van der Waals surface area contributed by atoms with Crippen molar-refractivity contribution in [2.75, 3.05) is 30.4 Å². The lowest BCUT2D eigenvalue weighted by atomic mass is 10.1. The molecule has 0 atom stereocenters. The molecule has 0 saturated carbocycles. The van der Waals surface area contributed by atoms with E-state index in [0.29, 0.717) is 0 Å². The summed E-state index contributed by atoms with van der Waals surface area (Å²) in [6.45, 7) is 6.32. The first-order chi connectivity index (χ1) is 8.30. The second-order valence-corrected chi connectivity index (χ2v) is 4.23. The Balaban J connectivity index is 2.59.